The molecule has 0 heterocycles. The van der Waals surface area contributed by atoms with Crippen LogP contribution in [0.2, 0.25) is 0 Å². The fourth-order valence-corrected chi connectivity index (χ4v) is 4.70. The van der Waals surface area contributed by atoms with Crippen molar-refractivity contribution in [2.75, 3.05) is 6.54 Å². The van der Waals surface area contributed by atoms with Crippen molar-refractivity contribution in [3.8, 4) is 6.07 Å². The highest BCUT2D eigenvalue weighted by Crippen LogP contribution is 2.34. The number of nitriles is 1. The van der Waals surface area contributed by atoms with Crippen LogP contribution in [0.25, 0.3) is 0 Å². The largest absolute Gasteiger partial charge is 0.217 e. The highest BCUT2D eigenvalue weighted by Gasteiger charge is 2.41. The first-order valence-electron chi connectivity index (χ1n) is 6.04. The van der Waals surface area contributed by atoms with Gasteiger partial charge in [0, 0.05) is 19.0 Å². The summed E-state index contributed by atoms with van der Waals surface area (Å²) in [5.74, 6) is 0. The van der Waals surface area contributed by atoms with Crippen LogP contribution < -0.4 is 0 Å². The Morgan fingerprint density at radius 1 is 1.19 bits per heavy atom. The molecule has 2 rings (SSSR count). The molecule has 0 aliphatic heterocycles. The summed E-state index contributed by atoms with van der Waals surface area (Å²) in [5, 5.41) is 8.40. The second kappa shape index (κ2) is 4.72. The van der Waals surface area contributed by atoms with E-state index in [0.29, 0.717) is 13.0 Å². The Balaban J connectivity index is 2.08. The summed E-state index contributed by atoms with van der Waals surface area (Å²) in [6.07, 6.45) is 5.91. The van der Waals surface area contributed by atoms with Gasteiger partial charge in [-0.1, -0.05) is 12.8 Å². The van der Waals surface area contributed by atoms with E-state index in [0.717, 1.165) is 38.5 Å². The van der Waals surface area contributed by atoms with Gasteiger partial charge in [0.2, 0.25) is 10.0 Å². The summed E-state index contributed by atoms with van der Waals surface area (Å²) >= 11 is 0. The average Bonchev–Trinajstić information content (AvgIpc) is 2.92. The van der Waals surface area contributed by atoms with Crippen LogP contribution in [0, 0.1) is 11.3 Å². The van der Waals surface area contributed by atoms with Crippen molar-refractivity contribution in [3.05, 3.63) is 0 Å². The standard InChI is InChI=1S/C11H18N2O2S/c12-8-3-9-13(10-6-7-10)16(14,15)11-4-1-2-5-11/h10-11H,1-7,9H2. The van der Waals surface area contributed by atoms with Crippen molar-refractivity contribution < 1.29 is 8.42 Å². The molecule has 16 heavy (non-hydrogen) atoms. The van der Waals surface area contributed by atoms with Gasteiger partial charge in [-0.15, -0.1) is 0 Å². The zero-order valence-corrected chi connectivity index (χ0v) is 10.2. The van der Waals surface area contributed by atoms with Gasteiger partial charge in [-0.3, -0.25) is 0 Å². The fraction of sp³-hybridized carbons (Fsp3) is 0.909. The fourth-order valence-electron chi connectivity index (χ4n) is 2.42. The molecule has 0 aromatic carbocycles. The summed E-state index contributed by atoms with van der Waals surface area (Å²) < 4.78 is 26.3. The Kier molecular flexibility index (Phi) is 3.50. The lowest BCUT2D eigenvalue weighted by Gasteiger charge is -2.24. The molecule has 0 aromatic rings. The maximum atomic E-state index is 12.3. The van der Waals surface area contributed by atoms with Gasteiger partial charge in [-0.2, -0.15) is 9.57 Å². The molecule has 2 aliphatic carbocycles. The van der Waals surface area contributed by atoms with Crippen LogP contribution in [-0.4, -0.2) is 30.6 Å². The minimum atomic E-state index is -3.13. The lowest BCUT2D eigenvalue weighted by atomic mass is 10.4. The van der Waals surface area contributed by atoms with Gasteiger partial charge in [-0.05, 0) is 25.7 Å². The third-order valence-corrected chi connectivity index (χ3v) is 5.90. The van der Waals surface area contributed by atoms with Gasteiger partial charge in [-0.25, -0.2) is 8.42 Å². The lowest BCUT2D eigenvalue weighted by Crippen LogP contribution is -2.39. The van der Waals surface area contributed by atoms with Crippen LogP contribution in [0.3, 0.4) is 0 Å². The van der Waals surface area contributed by atoms with Crippen molar-refractivity contribution in [2.24, 2.45) is 0 Å². The summed E-state index contributed by atoms with van der Waals surface area (Å²) in [4.78, 5) is 0. The molecule has 0 aromatic heterocycles. The van der Waals surface area contributed by atoms with Gasteiger partial charge in [0.25, 0.3) is 0 Å². The predicted octanol–water partition coefficient (Wildman–Crippen LogP) is 1.64. The van der Waals surface area contributed by atoms with Crippen LogP contribution in [0.5, 0.6) is 0 Å². The molecule has 0 unspecified atom stereocenters. The third kappa shape index (κ3) is 2.38. The highest BCUT2D eigenvalue weighted by atomic mass is 32.2. The van der Waals surface area contributed by atoms with E-state index in [-0.39, 0.29) is 11.3 Å². The van der Waals surface area contributed by atoms with Gasteiger partial charge in [0.05, 0.1) is 11.3 Å². The molecule has 0 N–H and O–H groups in total. The van der Waals surface area contributed by atoms with Crippen molar-refractivity contribution in [2.45, 2.75) is 56.2 Å². The summed E-state index contributed by atoms with van der Waals surface area (Å²) in [7, 11) is -3.13. The van der Waals surface area contributed by atoms with E-state index in [9.17, 15) is 8.42 Å². The van der Waals surface area contributed by atoms with Crippen LogP contribution in [0.1, 0.15) is 44.9 Å². The topological polar surface area (TPSA) is 61.2 Å². The van der Waals surface area contributed by atoms with E-state index in [1.54, 1.807) is 4.31 Å². The average molecular weight is 242 g/mol. The van der Waals surface area contributed by atoms with E-state index < -0.39 is 10.0 Å². The zero-order chi connectivity index (χ0) is 11.6. The van der Waals surface area contributed by atoms with Crippen molar-refractivity contribution in [1.82, 2.24) is 4.31 Å². The van der Waals surface area contributed by atoms with Crippen LogP contribution in [0.4, 0.5) is 0 Å². The van der Waals surface area contributed by atoms with E-state index >= 15 is 0 Å². The maximum absolute atomic E-state index is 12.3. The summed E-state index contributed by atoms with van der Waals surface area (Å²) in [6.45, 7) is 0.389. The number of hydrogen-bond donors (Lipinski definition) is 0. The van der Waals surface area contributed by atoms with Crippen molar-refractivity contribution in [1.29, 1.82) is 5.26 Å². The normalized spacial score (nSPS) is 22.5. The molecule has 0 spiro atoms. The minimum Gasteiger partial charge on any atom is -0.212 e. The van der Waals surface area contributed by atoms with E-state index in [4.69, 9.17) is 5.26 Å². The third-order valence-electron chi connectivity index (χ3n) is 3.45. The summed E-state index contributed by atoms with van der Waals surface area (Å²) in [5.41, 5.74) is 0. The number of nitrogens with zero attached hydrogens (tertiary/aromatic N) is 2. The van der Waals surface area contributed by atoms with Gasteiger partial charge >= 0.3 is 0 Å². The second-order valence-electron chi connectivity index (χ2n) is 4.70. The minimum absolute atomic E-state index is 0.174. The number of rotatable bonds is 5. The first-order valence-corrected chi connectivity index (χ1v) is 7.54. The van der Waals surface area contributed by atoms with Crippen molar-refractivity contribution in [3.63, 3.8) is 0 Å². The quantitative estimate of drug-likeness (QED) is 0.736. The Labute approximate surface area is 97.3 Å². The molecule has 0 bridgehead atoms. The van der Waals surface area contributed by atoms with E-state index in [2.05, 4.69) is 0 Å². The Morgan fingerprint density at radius 3 is 2.31 bits per heavy atom. The Hall–Kier alpha value is -0.600. The zero-order valence-electron chi connectivity index (χ0n) is 9.43. The Bertz CT molecular complexity index is 375. The Morgan fingerprint density at radius 2 is 1.81 bits per heavy atom. The molecule has 90 valence electrons. The van der Waals surface area contributed by atoms with Gasteiger partial charge < -0.3 is 0 Å². The SMILES string of the molecule is N#CCCN(C1CC1)S(=O)(=O)C1CCCC1. The second-order valence-corrected chi connectivity index (χ2v) is 6.87. The van der Waals surface area contributed by atoms with Crippen LogP contribution in [-0.2, 0) is 10.0 Å². The van der Waals surface area contributed by atoms with Crippen molar-refractivity contribution >= 4 is 10.0 Å². The van der Waals surface area contributed by atoms with E-state index in [1.165, 1.54) is 0 Å². The first kappa shape index (κ1) is 11.9. The monoisotopic (exact) mass is 242 g/mol. The van der Waals surface area contributed by atoms with E-state index in [1.807, 2.05) is 6.07 Å². The molecule has 2 aliphatic rings. The van der Waals surface area contributed by atoms with Gasteiger partial charge in [0.1, 0.15) is 0 Å². The van der Waals surface area contributed by atoms with Crippen LogP contribution in [0.15, 0.2) is 0 Å². The molecule has 0 radical (unpaired) electrons. The highest BCUT2D eigenvalue weighted by molar-refractivity contribution is 7.89. The number of sulfonamides is 1. The molecule has 0 amide bonds. The molecule has 5 heteroatoms. The molecule has 0 saturated heterocycles. The summed E-state index contributed by atoms with van der Waals surface area (Å²) in [6, 6.07) is 2.23. The smallest absolute Gasteiger partial charge is 0.212 e. The molecule has 2 saturated carbocycles. The molecular formula is C11H18N2O2S. The molecule has 2 fully saturated rings. The van der Waals surface area contributed by atoms with Crippen LogP contribution >= 0.6 is 0 Å². The molecule has 0 atom stereocenters. The lowest BCUT2D eigenvalue weighted by molar-refractivity contribution is 0.402. The van der Waals surface area contributed by atoms with Gasteiger partial charge in [0.15, 0.2) is 0 Å². The first-order chi connectivity index (χ1) is 7.66. The predicted molar refractivity (Wildman–Crippen MR) is 61.1 cm³/mol. The number of hydrogen-bond acceptors (Lipinski definition) is 3. The molecule has 4 nitrogen and oxygen atoms in total. The molecular weight excluding hydrogens is 224 g/mol. The maximum Gasteiger partial charge on any atom is 0.217 e.